The molecule has 5 nitrogen and oxygen atoms in total. The maximum atomic E-state index is 13.2. The minimum absolute atomic E-state index is 0.258. The van der Waals surface area contributed by atoms with Crippen molar-refractivity contribution in [1.29, 1.82) is 0 Å². The number of halogens is 1. The zero-order valence-electron chi connectivity index (χ0n) is 15.2. The number of hydrogen-bond acceptors (Lipinski definition) is 3. The number of nitrogens with zero attached hydrogens (tertiary/aromatic N) is 3. The molecule has 0 spiro atoms. The van der Waals surface area contributed by atoms with Gasteiger partial charge in [-0.3, -0.25) is 5.10 Å². The number of ether oxygens (including phenoxy) is 1. The number of rotatable bonds is 7. The van der Waals surface area contributed by atoms with Crippen LogP contribution in [0, 0.1) is 5.82 Å². The Bertz CT molecular complexity index is 1040. The number of nitrogens with one attached hydrogen (secondary N) is 1. The molecule has 0 aliphatic heterocycles. The van der Waals surface area contributed by atoms with Crippen LogP contribution in [0.25, 0.3) is 33.4 Å². The number of aromatic amines is 1. The van der Waals surface area contributed by atoms with Gasteiger partial charge in [-0.15, -0.1) is 0 Å². The highest BCUT2D eigenvalue weighted by molar-refractivity contribution is 5.87. The molecule has 4 rings (SSSR count). The van der Waals surface area contributed by atoms with Gasteiger partial charge in [-0.25, -0.2) is 9.37 Å². The maximum absolute atomic E-state index is 13.2. The first-order valence-corrected chi connectivity index (χ1v) is 9.09. The third-order valence-electron chi connectivity index (χ3n) is 4.52. The summed E-state index contributed by atoms with van der Waals surface area (Å²) in [7, 11) is 0. The zero-order valence-corrected chi connectivity index (χ0v) is 15.2. The van der Waals surface area contributed by atoms with Crippen LogP contribution in [-0.2, 0) is 11.3 Å². The molecular weight excluding hydrogens is 343 g/mol. The van der Waals surface area contributed by atoms with E-state index in [-0.39, 0.29) is 5.82 Å². The van der Waals surface area contributed by atoms with Gasteiger partial charge < -0.3 is 9.30 Å². The van der Waals surface area contributed by atoms with E-state index in [1.165, 1.54) is 12.1 Å². The molecule has 0 aliphatic carbocycles. The molecular formula is C21H21FN4O. The summed E-state index contributed by atoms with van der Waals surface area (Å²) in [5.41, 5.74) is 5.67. The summed E-state index contributed by atoms with van der Waals surface area (Å²) in [6.45, 7) is 4.29. The molecule has 0 saturated carbocycles. The van der Waals surface area contributed by atoms with Crippen molar-refractivity contribution >= 4 is 11.0 Å². The van der Waals surface area contributed by atoms with E-state index in [0.29, 0.717) is 6.61 Å². The molecule has 0 aliphatic rings. The topological polar surface area (TPSA) is 55.7 Å². The van der Waals surface area contributed by atoms with E-state index >= 15 is 0 Å². The van der Waals surface area contributed by atoms with E-state index in [4.69, 9.17) is 4.74 Å². The fourth-order valence-corrected chi connectivity index (χ4v) is 3.15. The van der Waals surface area contributed by atoms with Crippen molar-refractivity contribution in [2.24, 2.45) is 0 Å². The van der Waals surface area contributed by atoms with Gasteiger partial charge in [-0.05, 0) is 48.4 Å². The zero-order chi connectivity index (χ0) is 18.6. The average molecular weight is 364 g/mol. The van der Waals surface area contributed by atoms with Crippen LogP contribution in [0.5, 0.6) is 0 Å². The molecule has 4 aromatic rings. The maximum Gasteiger partial charge on any atom is 0.123 e. The van der Waals surface area contributed by atoms with Gasteiger partial charge in [-0.2, -0.15) is 5.10 Å². The molecule has 1 N–H and O–H groups in total. The molecule has 2 aromatic carbocycles. The normalized spacial score (nSPS) is 11.3. The molecule has 0 saturated heterocycles. The lowest BCUT2D eigenvalue weighted by Crippen LogP contribution is -2.05. The smallest absolute Gasteiger partial charge is 0.123 e. The minimum Gasteiger partial charge on any atom is -0.380 e. The quantitative estimate of drug-likeness (QED) is 0.485. The molecule has 2 aromatic heterocycles. The Kier molecular flexibility index (Phi) is 4.98. The van der Waals surface area contributed by atoms with Gasteiger partial charge in [0, 0.05) is 30.5 Å². The lowest BCUT2D eigenvalue weighted by molar-refractivity contribution is 0.127. The third-order valence-corrected chi connectivity index (χ3v) is 4.52. The number of fused-ring (bicyclic) bond motifs is 1. The van der Waals surface area contributed by atoms with E-state index in [1.54, 1.807) is 12.1 Å². The fourth-order valence-electron chi connectivity index (χ4n) is 3.15. The third kappa shape index (κ3) is 3.61. The molecule has 138 valence electrons. The second-order valence-corrected chi connectivity index (χ2v) is 6.41. The van der Waals surface area contributed by atoms with Crippen LogP contribution in [0.1, 0.15) is 13.3 Å². The first kappa shape index (κ1) is 17.4. The number of hydrogen-bond donors (Lipinski definition) is 1. The standard InChI is InChI=1S/C21H21FN4O/c1-2-10-27-11-9-26-14-23-19-8-5-16(12-20(19)26)18-13-24-25-21(18)15-3-6-17(22)7-4-15/h3-8,12-14H,2,9-11H2,1H3,(H,24,25). The highest BCUT2D eigenvalue weighted by atomic mass is 19.1. The van der Waals surface area contributed by atoms with Crippen molar-refractivity contribution < 1.29 is 9.13 Å². The largest absolute Gasteiger partial charge is 0.380 e. The van der Waals surface area contributed by atoms with Gasteiger partial charge in [0.25, 0.3) is 0 Å². The van der Waals surface area contributed by atoms with Crippen molar-refractivity contribution in [2.45, 2.75) is 19.9 Å². The Balaban J connectivity index is 1.67. The Labute approximate surface area is 156 Å². The number of imidazole rings is 1. The number of benzene rings is 2. The summed E-state index contributed by atoms with van der Waals surface area (Å²) in [6.07, 6.45) is 4.73. The summed E-state index contributed by atoms with van der Waals surface area (Å²) in [5.74, 6) is -0.258. The van der Waals surface area contributed by atoms with Crippen LogP contribution < -0.4 is 0 Å². The van der Waals surface area contributed by atoms with Gasteiger partial charge in [0.1, 0.15) is 5.82 Å². The number of aromatic nitrogens is 4. The predicted molar refractivity (Wildman–Crippen MR) is 104 cm³/mol. The molecule has 0 radical (unpaired) electrons. The molecule has 6 heteroatoms. The lowest BCUT2D eigenvalue weighted by atomic mass is 10.0. The monoisotopic (exact) mass is 364 g/mol. The van der Waals surface area contributed by atoms with Crippen molar-refractivity contribution in [3.8, 4) is 22.4 Å². The Morgan fingerprint density at radius 2 is 1.89 bits per heavy atom. The van der Waals surface area contributed by atoms with Crippen LogP contribution in [0.15, 0.2) is 55.0 Å². The Morgan fingerprint density at radius 1 is 1.07 bits per heavy atom. The summed E-state index contributed by atoms with van der Waals surface area (Å²) in [5, 5.41) is 7.29. The van der Waals surface area contributed by atoms with E-state index in [0.717, 1.165) is 53.0 Å². The Morgan fingerprint density at radius 3 is 2.70 bits per heavy atom. The fraction of sp³-hybridized carbons (Fsp3) is 0.238. The number of H-pyrrole nitrogens is 1. The summed E-state index contributed by atoms with van der Waals surface area (Å²) in [4.78, 5) is 4.47. The van der Waals surface area contributed by atoms with E-state index in [1.807, 2.05) is 24.7 Å². The SMILES string of the molecule is CCCOCCn1cnc2ccc(-c3c[nH]nc3-c3ccc(F)cc3)cc21. The average Bonchev–Trinajstić information content (AvgIpc) is 3.33. The second-order valence-electron chi connectivity index (χ2n) is 6.41. The highest BCUT2D eigenvalue weighted by Crippen LogP contribution is 2.31. The van der Waals surface area contributed by atoms with Crippen LogP contribution in [-0.4, -0.2) is 33.0 Å². The highest BCUT2D eigenvalue weighted by Gasteiger charge is 2.12. The minimum atomic E-state index is -0.258. The van der Waals surface area contributed by atoms with Crippen molar-refractivity contribution in [1.82, 2.24) is 19.7 Å². The van der Waals surface area contributed by atoms with Crippen LogP contribution in [0.3, 0.4) is 0 Å². The molecule has 0 amide bonds. The van der Waals surface area contributed by atoms with E-state index < -0.39 is 0 Å². The second kappa shape index (κ2) is 7.72. The molecule has 0 fully saturated rings. The van der Waals surface area contributed by atoms with Gasteiger partial charge in [0.2, 0.25) is 0 Å². The molecule has 27 heavy (non-hydrogen) atoms. The molecule has 0 bridgehead atoms. The van der Waals surface area contributed by atoms with Gasteiger partial charge in [0.05, 0.1) is 29.7 Å². The van der Waals surface area contributed by atoms with Crippen LogP contribution in [0.2, 0.25) is 0 Å². The first-order chi connectivity index (χ1) is 13.3. The van der Waals surface area contributed by atoms with Gasteiger partial charge >= 0.3 is 0 Å². The van der Waals surface area contributed by atoms with Crippen molar-refractivity contribution in [3.63, 3.8) is 0 Å². The van der Waals surface area contributed by atoms with Crippen molar-refractivity contribution in [2.75, 3.05) is 13.2 Å². The first-order valence-electron chi connectivity index (χ1n) is 9.09. The van der Waals surface area contributed by atoms with Gasteiger partial charge in [-0.1, -0.05) is 13.0 Å². The predicted octanol–water partition coefficient (Wildman–Crippen LogP) is 4.66. The van der Waals surface area contributed by atoms with Crippen molar-refractivity contribution in [3.05, 3.63) is 60.8 Å². The molecule has 2 heterocycles. The summed E-state index contributed by atoms with van der Waals surface area (Å²) in [6, 6.07) is 12.5. The summed E-state index contributed by atoms with van der Waals surface area (Å²) < 4.78 is 20.9. The van der Waals surface area contributed by atoms with Gasteiger partial charge in [0.15, 0.2) is 0 Å². The Hall–Kier alpha value is -2.99. The van der Waals surface area contributed by atoms with Crippen LogP contribution >= 0.6 is 0 Å². The van der Waals surface area contributed by atoms with E-state index in [2.05, 4.69) is 32.7 Å². The lowest BCUT2D eigenvalue weighted by Gasteiger charge is -2.07. The molecule has 0 unspecified atom stereocenters. The van der Waals surface area contributed by atoms with Crippen LogP contribution in [0.4, 0.5) is 4.39 Å². The summed E-state index contributed by atoms with van der Waals surface area (Å²) >= 11 is 0. The van der Waals surface area contributed by atoms with E-state index in [9.17, 15) is 4.39 Å². The molecule has 0 atom stereocenters.